The number of carbonyl (C=O) groups excluding carboxylic acids is 1. The summed E-state index contributed by atoms with van der Waals surface area (Å²) < 4.78 is 18.2. The minimum absolute atomic E-state index is 0.141. The monoisotopic (exact) mass is 218 g/mol. The highest BCUT2D eigenvalue weighted by molar-refractivity contribution is 5.67. The third-order valence-corrected chi connectivity index (χ3v) is 2.16. The summed E-state index contributed by atoms with van der Waals surface area (Å²) in [4.78, 5) is 11.2. The van der Waals surface area contributed by atoms with E-state index in [1.807, 2.05) is 0 Å². The predicted molar refractivity (Wildman–Crippen MR) is 55.5 cm³/mol. The third-order valence-electron chi connectivity index (χ3n) is 2.16. The molecular formula is C10H19FN2O2. The first kappa shape index (κ1) is 12.2. The molecule has 0 aromatic carbocycles. The minimum atomic E-state index is -0.875. The molecule has 1 amide bonds. The van der Waals surface area contributed by atoms with E-state index in [-0.39, 0.29) is 5.92 Å². The summed E-state index contributed by atoms with van der Waals surface area (Å²) in [7, 11) is 0. The Balaban J connectivity index is 2.22. The Morgan fingerprint density at radius 1 is 1.53 bits per heavy atom. The lowest BCUT2D eigenvalue weighted by Crippen LogP contribution is -2.37. The van der Waals surface area contributed by atoms with E-state index in [0.29, 0.717) is 19.6 Å². The van der Waals surface area contributed by atoms with E-state index < -0.39 is 17.9 Å². The Morgan fingerprint density at radius 2 is 2.20 bits per heavy atom. The molecule has 0 bridgehead atoms. The smallest absolute Gasteiger partial charge is 0.407 e. The van der Waals surface area contributed by atoms with Crippen LogP contribution in [-0.4, -0.2) is 37.5 Å². The first-order valence-corrected chi connectivity index (χ1v) is 5.20. The van der Waals surface area contributed by atoms with Gasteiger partial charge in [-0.15, -0.1) is 0 Å². The van der Waals surface area contributed by atoms with Gasteiger partial charge in [0, 0.05) is 25.6 Å². The predicted octanol–water partition coefficient (Wildman–Crippen LogP) is 1.07. The van der Waals surface area contributed by atoms with Gasteiger partial charge < -0.3 is 15.4 Å². The second-order valence-corrected chi connectivity index (χ2v) is 4.82. The number of amides is 1. The number of ether oxygens (including phenoxy) is 1. The van der Waals surface area contributed by atoms with Gasteiger partial charge in [0.1, 0.15) is 11.8 Å². The Bertz CT molecular complexity index is 228. The normalized spacial score (nSPS) is 26.4. The van der Waals surface area contributed by atoms with Crippen LogP contribution in [0.4, 0.5) is 9.18 Å². The molecule has 4 nitrogen and oxygen atoms in total. The average molecular weight is 218 g/mol. The van der Waals surface area contributed by atoms with E-state index in [9.17, 15) is 9.18 Å². The van der Waals surface area contributed by atoms with Crippen LogP contribution in [0, 0.1) is 5.92 Å². The lowest BCUT2D eigenvalue weighted by molar-refractivity contribution is 0.0515. The van der Waals surface area contributed by atoms with Crippen LogP contribution in [0.5, 0.6) is 0 Å². The van der Waals surface area contributed by atoms with Crippen LogP contribution in [0.2, 0.25) is 0 Å². The van der Waals surface area contributed by atoms with Crippen LogP contribution in [0.25, 0.3) is 0 Å². The lowest BCUT2D eigenvalue weighted by atomic mass is 10.1. The highest BCUT2D eigenvalue weighted by Gasteiger charge is 2.27. The quantitative estimate of drug-likeness (QED) is 0.729. The number of alkyl halides is 1. The molecule has 0 aromatic heterocycles. The van der Waals surface area contributed by atoms with Gasteiger partial charge in [0.25, 0.3) is 0 Å². The van der Waals surface area contributed by atoms with E-state index in [2.05, 4.69) is 10.6 Å². The largest absolute Gasteiger partial charge is 0.444 e. The molecule has 0 saturated carbocycles. The molecule has 2 N–H and O–H groups in total. The molecule has 1 aliphatic heterocycles. The molecule has 0 unspecified atom stereocenters. The van der Waals surface area contributed by atoms with Gasteiger partial charge in [0.15, 0.2) is 0 Å². The SMILES string of the molecule is CC(C)(C)OC(=O)NC[C@H]1CNC[C@@H]1F. The molecule has 1 aliphatic rings. The Labute approximate surface area is 89.6 Å². The number of nitrogens with one attached hydrogen (secondary N) is 2. The second-order valence-electron chi connectivity index (χ2n) is 4.82. The third kappa shape index (κ3) is 4.46. The molecule has 15 heavy (non-hydrogen) atoms. The van der Waals surface area contributed by atoms with Gasteiger partial charge in [-0.1, -0.05) is 0 Å². The highest BCUT2D eigenvalue weighted by Crippen LogP contribution is 2.12. The maximum atomic E-state index is 13.1. The average Bonchev–Trinajstić information content (AvgIpc) is 2.44. The topological polar surface area (TPSA) is 50.4 Å². The summed E-state index contributed by atoms with van der Waals surface area (Å²) >= 11 is 0. The van der Waals surface area contributed by atoms with Crippen molar-refractivity contribution >= 4 is 6.09 Å². The fourth-order valence-electron chi connectivity index (χ4n) is 1.43. The molecule has 1 heterocycles. The minimum Gasteiger partial charge on any atom is -0.444 e. The van der Waals surface area contributed by atoms with Crippen LogP contribution in [-0.2, 0) is 4.74 Å². The molecule has 0 spiro atoms. The summed E-state index contributed by atoms with van der Waals surface area (Å²) in [5, 5.41) is 5.50. The zero-order chi connectivity index (χ0) is 11.5. The van der Waals surface area contributed by atoms with Gasteiger partial charge in [-0.05, 0) is 20.8 Å². The van der Waals surface area contributed by atoms with Gasteiger partial charge in [0.05, 0.1) is 0 Å². The van der Waals surface area contributed by atoms with Crippen molar-refractivity contribution in [2.45, 2.75) is 32.5 Å². The van der Waals surface area contributed by atoms with Crippen LogP contribution >= 0.6 is 0 Å². The standard InChI is InChI=1S/C10H19FN2O2/c1-10(2,3)15-9(14)13-5-7-4-12-6-8(7)11/h7-8,12H,4-6H2,1-3H3,(H,13,14)/t7-,8+/m1/s1. The number of alkyl carbamates (subject to hydrolysis) is 1. The number of hydrogen-bond acceptors (Lipinski definition) is 3. The fraction of sp³-hybridized carbons (Fsp3) is 0.900. The molecule has 5 heteroatoms. The zero-order valence-electron chi connectivity index (χ0n) is 9.47. The number of carbonyl (C=O) groups is 1. The number of rotatable bonds is 2. The molecular weight excluding hydrogens is 199 g/mol. The van der Waals surface area contributed by atoms with Crippen molar-refractivity contribution in [3.05, 3.63) is 0 Å². The highest BCUT2D eigenvalue weighted by atomic mass is 19.1. The summed E-state index contributed by atoms with van der Waals surface area (Å²) in [6, 6.07) is 0. The lowest BCUT2D eigenvalue weighted by Gasteiger charge is -2.20. The summed E-state index contributed by atoms with van der Waals surface area (Å²) in [6.07, 6.45) is -1.36. The van der Waals surface area contributed by atoms with Crippen LogP contribution in [0.3, 0.4) is 0 Å². The van der Waals surface area contributed by atoms with Crippen LogP contribution < -0.4 is 10.6 Å². The van der Waals surface area contributed by atoms with E-state index in [4.69, 9.17) is 4.74 Å². The van der Waals surface area contributed by atoms with Gasteiger partial charge in [0.2, 0.25) is 0 Å². The summed E-state index contributed by atoms with van der Waals surface area (Å²) in [6.45, 7) is 6.69. The zero-order valence-corrected chi connectivity index (χ0v) is 9.47. The van der Waals surface area contributed by atoms with E-state index in [1.165, 1.54) is 0 Å². The van der Waals surface area contributed by atoms with Gasteiger partial charge >= 0.3 is 6.09 Å². The van der Waals surface area contributed by atoms with Gasteiger partial charge in [-0.2, -0.15) is 0 Å². The van der Waals surface area contributed by atoms with Crippen molar-refractivity contribution in [1.82, 2.24) is 10.6 Å². The van der Waals surface area contributed by atoms with Crippen molar-refractivity contribution in [2.24, 2.45) is 5.92 Å². The number of halogens is 1. The number of hydrogen-bond donors (Lipinski definition) is 2. The van der Waals surface area contributed by atoms with Crippen LogP contribution in [0.15, 0.2) is 0 Å². The van der Waals surface area contributed by atoms with Crippen LogP contribution in [0.1, 0.15) is 20.8 Å². The van der Waals surface area contributed by atoms with Gasteiger partial charge in [-0.25, -0.2) is 9.18 Å². The Kier molecular flexibility index (Phi) is 3.90. The molecule has 0 aromatic rings. The fourth-order valence-corrected chi connectivity index (χ4v) is 1.43. The van der Waals surface area contributed by atoms with Crippen molar-refractivity contribution in [1.29, 1.82) is 0 Å². The summed E-state index contributed by atoms with van der Waals surface area (Å²) in [5.74, 6) is -0.141. The summed E-state index contributed by atoms with van der Waals surface area (Å²) in [5.41, 5.74) is -0.507. The molecule has 1 fully saturated rings. The molecule has 0 aliphatic carbocycles. The molecule has 2 atom stereocenters. The molecule has 1 rings (SSSR count). The second kappa shape index (κ2) is 4.79. The first-order chi connectivity index (χ1) is 6.88. The maximum Gasteiger partial charge on any atom is 0.407 e. The van der Waals surface area contributed by atoms with Crippen molar-refractivity contribution in [3.63, 3.8) is 0 Å². The molecule has 88 valence electrons. The Morgan fingerprint density at radius 3 is 2.67 bits per heavy atom. The Hall–Kier alpha value is -0.840. The first-order valence-electron chi connectivity index (χ1n) is 5.20. The maximum absolute atomic E-state index is 13.1. The van der Waals surface area contributed by atoms with E-state index in [0.717, 1.165) is 0 Å². The van der Waals surface area contributed by atoms with E-state index in [1.54, 1.807) is 20.8 Å². The van der Waals surface area contributed by atoms with Gasteiger partial charge in [-0.3, -0.25) is 0 Å². The van der Waals surface area contributed by atoms with E-state index >= 15 is 0 Å². The molecule has 1 saturated heterocycles. The van der Waals surface area contributed by atoms with Crippen molar-refractivity contribution in [2.75, 3.05) is 19.6 Å². The van der Waals surface area contributed by atoms with Crippen molar-refractivity contribution < 1.29 is 13.9 Å². The van der Waals surface area contributed by atoms with Crippen molar-refractivity contribution in [3.8, 4) is 0 Å². The molecule has 0 radical (unpaired) electrons.